The van der Waals surface area contributed by atoms with E-state index in [-0.39, 0.29) is 22.8 Å². The fourth-order valence-corrected chi connectivity index (χ4v) is 8.27. The van der Waals surface area contributed by atoms with Gasteiger partial charge in [-0.15, -0.1) is 0 Å². The predicted molar refractivity (Wildman–Crippen MR) is 120 cm³/mol. The van der Waals surface area contributed by atoms with Gasteiger partial charge in [-0.05, 0) is 48.5 Å². The Morgan fingerprint density at radius 3 is 1.41 bits per heavy atom. The van der Waals surface area contributed by atoms with Gasteiger partial charge in [0.05, 0.1) is 11.2 Å². The van der Waals surface area contributed by atoms with Gasteiger partial charge in [-0.1, -0.05) is 72.3 Å². The van der Waals surface area contributed by atoms with E-state index in [2.05, 4.69) is 72.8 Å². The van der Waals surface area contributed by atoms with Crippen LogP contribution in [0, 0.1) is 5.82 Å². The van der Waals surface area contributed by atoms with Gasteiger partial charge < -0.3 is 17.0 Å². The zero-order valence-electron chi connectivity index (χ0n) is 15.7. The fraction of sp³-hybridized carbons (Fsp3) is 0.0400. The molecule has 0 radical (unpaired) electrons. The zero-order chi connectivity index (χ0) is 19.4. The molecule has 4 aromatic rings. The van der Waals surface area contributed by atoms with E-state index in [1.165, 1.54) is 28.0 Å². The Kier molecular flexibility index (Phi) is 7.24. The van der Waals surface area contributed by atoms with Crippen molar-refractivity contribution in [1.82, 2.24) is 0 Å². The molecule has 0 unspecified atom stereocenters. The van der Waals surface area contributed by atoms with Crippen molar-refractivity contribution in [3.63, 3.8) is 0 Å². The molecule has 0 aliphatic carbocycles. The molecule has 0 amide bonds. The lowest BCUT2D eigenvalue weighted by molar-refractivity contribution is -0.00000595. The highest BCUT2D eigenvalue weighted by Crippen LogP contribution is 2.58. The van der Waals surface area contributed by atoms with Gasteiger partial charge in [0.2, 0.25) is 0 Å². The number of hydrogen-bond acceptors (Lipinski definition) is 0. The molecule has 4 heteroatoms. The Balaban J connectivity index is 0.00000240. The third-order valence-electron chi connectivity index (χ3n) is 5.01. The summed E-state index contributed by atoms with van der Waals surface area (Å²) in [5.74, 6) is -0.309. The van der Waals surface area contributed by atoms with Crippen LogP contribution >= 0.6 is 18.9 Å². The third-order valence-corrected chi connectivity index (χ3v) is 9.72. The second kappa shape index (κ2) is 9.67. The van der Waals surface area contributed by atoms with Gasteiger partial charge in [-0.3, -0.25) is 0 Å². The van der Waals surface area contributed by atoms with Crippen LogP contribution in [0.3, 0.4) is 0 Å². The van der Waals surface area contributed by atoms with Crippen molar-refractivity contribution in [3.8, 4) is 0 Å². The maximum Gasteiger partial charge on any atom is 0.124 e. The van der Waals surface area contributed by atoms with Crippen molar-refractivity contribution in [3.05, 3.63) is 126 Å². The molecule has 0 aliphatic heterocycles. The first-order chi connectivity index (χ1) is 13.7. The molecule has 0 saturated carbocycles. The van der Waals surface area contributed by atoms with Gasteiger partial charge in [0.15, 0.2) is 0 Å². The molecule has 0 saturated heterocycles. The molecule has 4 aromatic carbocycles. The van der Waals surface area contributed by atoms with Gasteiger partial charge in [-0.25, -0.2) is 4.39 Å². The van der Waals surface area contributed by atoms with Crippen LogP contribution in [-0.4, -0.2) is 0 Å². The number of halogens is 3. The van der Waals surface area contributed by atoms with Crippen LogP contribution in [0.5, 0.6) is 0 Å². The maximum atomic E-state index is 13.7. The topological polar surface area (TPSA) is 0 Å². The molecule has 0 N–H and O–H groups in total. The maximum absolute atomic E-state index is 13.7. The summed E-state index contributed by atoms with van der Waals surface area (Å²) in [7, 11) is -2.02. The van der Waals surface area contributed by atoms with E-state index in [0.29, 0.717) is 5.02 Å². The van der Waals surface area contributed by atoms with E-state index < -0.39 is 7.26 Å². The lowest BCUT2D eigenvalue weighted by atomic mass is 10.2. The fourth-order valence-electron chi connectivity index (χ4n) is 3.67. The van der Waals surface area contributed by atoms with Crippen LogP contribution < -0.4 is 32.9 Å². The second-order valence-electron chi connectivity index (χ2n) is 6.71. The average Bonchev–Trinajstić information content (AvgIpc) is 2.75. The van der Waals surface area contributed by atoms with E-state index in [1.54, 1.807) is 0 Å². The smallest absolute Gasteiger partial charge is 0.124 e. The number of benzene rings is 4. The first-order valence-corrected chi connectivity index (χ1v) is 11.5. The lowest BCUT2D eigenvalue weighted by Gasteiger charge is -2.28. The summed E-state index contributed by atoms with van der Waals surface area (Å²) in [4.78, 5) is 0. The molecule has 0 heterocycles. The van der Waals surface area contributed by atoms with Gasteiger partial charge in [-0.2, -0.15) is 0 Å². The quantitative estimate of drug-likeness (QED) is 0.381. The molecular formula is C25H20BrClFP. The summed E-state index contributed by atoms with van der Waals surface area (Å²) in [5, 5.41) is 4.33. The molecule has 0 spiro atoms. The largest absolute Gasteiger partial charge is 1.00 e. The molecule has 0 nitrogen and oxygen atoms in total. The van der Waals surface area contributed by atoms with Crippen molar-refractivity contribution in [2.45, 2.75) is 6.16 Å². The Hall–Kier alpha value is -1.99. The van der Waals surface area contributed by atoms with Gasteiger partial charge in [0, 0.05) is 5.56 Å². The van der Waals surface area contributed by atoms with E-state index in [0.717, 1.165) is 11.7 Å². The van der Waals surface area contributed by atoms with Gasteiger partial charge in [0.1, 0.15) is 29.0 Å². The van der Waals surface area contributed by atoms with E-state index >= 15 is 0 Å². The Morgan fingerprint density at radius 2 is 1.03 bits per heavy atom. The molecule has 0 fully saturated rings. The number of rotatable bonds is 5. The number of hydrogen-bond donors (Lipinski definition) is 0. The van der Waals surface area contributed by atoms with E-state index in [4.69, 9.17) is 11.6 Å². The predicted octanol–water partition coefficient (Wildman–Crippen LogP) is 2.98. The van der Waals surface area contributed by atoms with Crippen LogP contribution in [0.4, 0.5) is 4.39 Å². The SMILES string of the molecule is Fc1ccc(C[P+](c2ccccc2)(c2ccccc2)c2ccccc2)c(Cl)c1.[Br-]. The molecular weight excluding hydrogens is 466 g/mol. The highest BCUT2D eigenvalue weighted by molar-refractivity contribution is 7.95. The van der Waals surface area contributed by atoms with E-state index in [9.17, 15) is 4.39 Å². The third kappa shape index (κ3) is 4.46. The van der Waals surface area contributed by atoms with Crippen molar-refractivity contribution in [1.29, 1.82) is 0 Å². The summed E-state index contributed by atoms with van der Waals surface area (Å²) in [5.41, 5.74) is 0.966. The standard InChI is InChI=1S/C25H20ClFP.BrH/c26-25-18-21(27)17-16-20(25)19-28(22-10-4-1-5-11-22,23-12-6-2-7-13-23)24-14-8-3-9-15-24;/h1-18H,19H2;1H/q+1;/p-1. The van der Waals surface area contributed by atoms with Crippen LogP contribution in [-0.2, 0) is 6.16 Å². The van der Waals surface area contributed by atoms with E-state index in [1.807, 2.05) is 24.3 Å². The van der Waals surface area contributed by atoms with Crippen LogP contribution in [0.2, 0.25) is 5.02 Å². The van der Waals surface area contributed by atoms with Gasteiger partial charge >= 0.3 is 0 Å². The Bertz CT molecular complexity index is 959. The molecule has 0 atom stereocenters. The molecule has 0 bridgehead atoms. The second-order valence-corrected chi connectivity index (χ2v) is 10.6. The van der Waals surface area contributed by atoms with Crippen molar-refractivity contribution in [2.24, 2.45) is 0 Å². The molecule has 146 valence electrons. The van der Waals surface area contributed by atoms with Crippen molar-refractivity contribution in [2.75, 3.05) is 0 Å². The minimum absolute atomic E-state index is 0. The highest BCUT2D eigenvalue weighted by Gasteiger charge is 2.45. The summed E-state index contributed by atoms with van der Waals surface area (Å²) in [6, 6.07) is 36.6. The highest BCUT2D eigenvalue weighted by atomic mass is 79.9. The normalized spacial score (nSPS) is 11.0. The molecule has 0 aliphatic rings. The minimum atomic E-state index is -2.02. The molecule has 29 heavy (non-hydrogen) atoms. The summed E-state index contributed by atoms with van der Waals surface area (Å²) in [6.45, 7) is 0. The Morgan fingerprint density at radius 1 is 0.621 bits per heavy atom. The van der Waals surface area contributed by atoms with Crippen molar-refractivity contribution < 1.29 is 21.4 Å². The summed E-state index contributed by atoms with van der Waals surface area (Å²) >= 11 is 6.48. The van der Waals surface area contributed by atoms with Crippen LogP contribution in [0.1, 0.15) is 5.56 Å². The Labute approximate surface area is 187 Å². The van der Waals surface area contributed by atoms with Crippen LogP contribution in [0.25, 0.3) is 0 Å². The molecule has 4 rings (SSSR count). The average molecular weight is 486 g/mol. The summed E-state index contributed by atoms with van der Waals surface area (Å²) in [6.07, 6.45) is 0.740. The summed E-state index contributed by atoms with van der Waals surface area (Å²) < 4.78 is 13.7. The monoisotopic (exact) mass is 484 g/mol. The van der Waals surface area contributed by atoms with Crippen molar-refractivity contribution >= 4 is 34.8 Å². The van der Waals surface area contributed by atoms with Crippen LogP contribution in [0.15, 0.2) is 109 Å². The zero-order valence-corrected chi connectivity index (χ0v) is 18.9. The first kappa shape index (κ1) is 21.7. The van der Waals surface area contributed by atoms with Gasteiger partial charge in [0.25, 0.3) is 0 Å². The minimum Gasteiger partial charge on any atom is -1.00 e. The molecule has 0 aromatic heterocycles. The first-order valence-electron chi connectivity index (χ1n) is 9.19. The lowest BCUT2D eigenvalue weighted by Crippen LogP contribution is -3.00.